The third-order valence-electron chi connectivity index (χ3n) is 10.9. The average Bonchev–Trinajstić information content (AvgIpc) is 3.23. The Balaban J connectivity index is 1.36. The Labute approximate surface area is 303 Å². The Bertz CT molecular complexity index is 2480. The summed E-state index contributed by atoms with van der Waals surface area (Å²) in [6, 6.07) is 70.9. The van der Waals surface area contributed by atoms with Crippen molar-refractivity contribution < 1.29 is 4.79 Å². The number of para-hydroxylation sites is 2. The van der Waals surface area contributed by atoms with Crippen molar-refractivity contribution in [3.63, 3.8) is 0 Å². The zero-order valence-corrected chi connectivity index (χ0v) is 28.4. The summed E-state index contributed by atoms with van der Waals surface area (Å²) in [6.45, 7) is 0. The van der Waals surface area contributed by atoms with Crippen LogP contribution in [-0.4, -0.2) is 5.78 Å². The number of carbonyl (C=O) groups excluding carboxylic acids is 1. The van der Waals surface area contributed by atoms with Gasteiger partial charge < -0.3 is 4.90 Å². The Kier molecular flexibility index (Phi) is 6.90. The van der Waals surface area contributed by atoms with Gasteiger partial charge >= 0.3 is 0 Å². The van der Waals surface area contributed by atoms with E-state index in [2.05, 4.69) is 181 Å². The summed E-state index contributed by atoms with van der Waals surface area (Å²) in [4.78, 5) is 16.7. The Hall–Kier alpha value is -6.77. The predicted octanol–water partition coefficient (Wildman–Crippen LogP) is 12.4. The molecule has 0 atom stereocenters. The van der Waals surface area contributed by atoms with Crippen LogP contribution < -0.4 is 4.90 Å². The Morgan fingerprint density at radius 1 is 0.327 bits per heavy atom. The number of hydrogen-bond donors (Lipinski definition) is 0. The van der Waals surface area contributed by atoms with E-state index in [0.29, 0.717) is 0 Å². The lowest BCUT2D eigenvalue weighted by atomic mass is 9.57. The number of fused-ring (bicyclic) bond motifs is 8. The van der Waals surface area contributed by atoms with E-state index < -0.39 is 5.41 Å². The second-order valence-corrected chi connectivity index (χ2v) is 13.6. The van der Waals surface area contributed by atoms with Gasteiger partial charge in [-0.05, 0) is 68.8 Å². The first-order valence-electron chi connectivity index (χ1n) is 17.8. The highest BCUT2D eigenvalue weighted by Crippen LogP contribution is 2.62. The van der Waals surface area contributed by atoms with E-state index in [1.165, 1.54) is 5.56 Å². The molecule has 2 nitrogen and oxygen atoms in total. The molecule has 1 spiro atoms. The number of ketones is 1. The highest BCUT2D eigenvalue weighted by Gasteiger charge is 2.51. The molecule has 2 heteroatoms. The molecule has 10 rings (SSSR count). The van der Waals surface area contributed by atoms with Crippen molar-refractivity contribution in [2.24, 2.45) is 0 Å². The summed E-state index contributed by atoms with van der Waals surface area (Å²) in [5.41, 5.74) is 15.3. The van der Waals surface area contributed by atoms with Crippen molar-refractivity contribution in [1.29, 1.82) is 0 Å². The summed E-state index contributed by atoms with van der Waals surface area (Å²) < 4.78 is 0. The van der Waals surface area contributed by atoms with E-state index in [0.717, 1.165) is 78.3 Å². The van der Waals surface area contributed by atoms with Gasteiger partial charge in [-0.25, -0.2) is 0 Å². The minimum absolute atomic E-state index is 0.0726. The lowest BCUT2D eigenvalue weighted by Gasteiger charge is -2.49. The summed E-state index contributed by atoms with van der Waals surface area (Å²) >= 11 is 0. The third-order valence-corrected chi connectivity index (χ3v) is 10.9. The second kappa shape index (κ2) is 11.9. The molecule has 0 saturated heterocycles. The largest absolute Gasteiger partial charge is 0.309 e. The molecule has 0 fully saturated rings. The third kappa shape index (κ3) is 4.34. The summed E-state index contributed by atoms with van der Waals surface area (Å²) in [6.07, 6.45) is 0. The molecule has 0 radical (unpaired) electrons. The lowest BCUT2D eigenvalue weighted by Crippen LogP contribution is -2.42. The minimum Gasteiger partial charge on any atom is -0.309 e. The maximum absolute atomic E-state index is 14.2. The zero-order valence-electron chi connectivity index (χ0n) is 28.4. The van der Waals surface area contributed by atoms with E-state index >= 15 is 0 Å². The Morgan fingerprint density at radius 2 is 0.692 bits per heavy atom. The zero-order chi connectivity index (χ0) is 34.6. The monoisotopic (exact) mass is 663 g/mol. The van der Waals surface area contributed by atoms with Gasteiger partial charge in [0.05, 0.1) is 22.5 Å². The molecule has 8 aromatic carbocycles. The highest BCUT2D eigenvalue weighted by molar-refractivity contribution is 6.15. The van der Waals surface area contributed by atoms with Gasteiger partial charge in [0.25, 0.3) is 0 Å². The highest BCUT2D eigenvalue weighted by atomic mass is 16.1. The average molecular weight is 664 g/mol. The molecule has 2 aliphatic rings. The van der Waals surface area contributed by atoms with E-state index in [1.807, 2.05) is 24.3 Å². The molecule has 0 N–H and O–H groups in total. The number of nitrogens with zero attached hydrogens (tertiary/aromatic N) is 1. The minimum atomic E-state index is -0.714. The first-order chi connectivity index (χ1) is 25.7. The maximum atomic E-state index is 14.2. The summed E-state index contributed by atoms with van der Waals surface area (Å²) in [5.74, 6) is 0.0726. The molecule has 1 aliphatic carbocycles. The lowest BCUT2D eigenvalue weighted by molar-refractivity contribution is 0.103. The van der Waals surface area contributed by atoms with Crippen LogP contribution >= 0.6 is 0 Å². The summed E-state index contributed by atoms with van der Waals surface area (Å²) in [5, 5.41) is 0. The van der Waals surface area contributed by atoms with E-state index in [4.69, 9.17) is 0 Å². The van der Waals surface area contributed by atoms with Crippen molar-refractivity contribution >= 4 is 22.8 Å². The second-order valence-electron chi connectivity index (χ2n) is 13.6. The van der Waals surface area contributed by atoms with Crippen molar-refractivity contribution in [1.82, 2.24) is 0 Å². The molecule has 0 amide bonds. The van der Waals surface area contributed by atoms with Crippen molar-refractivity contribution in [2.45, 2.75) is 5.41 Å². The van der Waals surface area contributed by atoms with Gasteiger partial charge in [0.1, 0.15) is 0 Å². The van der Waals surface area contributed by atoms with E-state index in [9.17, 15) is 4.79 Å². The fourth-order valence-corrected chi connectivity index (χ4v) is 8.72. The molecule has 244 valence electrons. The summed E-state index contributed by atoms with van der Waals surface area (Å²) in [7, 11) is 0. The predicted molar refractivity (Wildman–Crippen MR) is 213 cm³/mol. The number of benzene rings is 8. The van der Waals surface area contributed by atoms with Crippen LogP contribution in [0.3, 0.4) is 0 Å². The molecule has 1 aliphatic heterocycles. The first kappa shape index (κ1) is 30.1. The molecular formula is C50H33NO. The van der Waals surface area contributed by atoms with E-state index in [1.54, 1.807) is 0 Å². The fourth-order valence-electron chi connectivity index (χ4n) is 8.72. The van der Waals surface area contributed by atoms with Gasteiger partial charge in [0.15, 0.2) is 5.78 Å². The molecule has 0 saturated carbocycles. The normalized spacial score (nSPS) is 13.5. The van der Waals surface area contributed by atoms with Crippen LogP contribution in [0.2, 0.25) is 0 Å². The number of carbonyl (C=O) groups is 1. The van der Waals surface area contributed by atoms with Crippen LogP contribution in [0, 0.1) is 0 Å². The van der Waals surface area contributed by atoms with Crippen molar-refractivity contribution in [3.05, 3.63) is 234 Å². The fraction of sp³-hybridized carbons (Fsp3) is 0.0200. The van der Waals surface area contributed by atoms with Gasteiger partial charge in [-0.2, -0.15) is 0 Å². The topological polar surface area (TPSA) is 20.3 Å². The smallest absolute Gasteiger partial charge is 0.193 e. The molecule has 1 heterocycles. The van der Waals surface area contributed by atoms with Crippen LogP contribution in [0.1, 0.15) is 38.2 Å². The van der Waals surface area contributed by atoms with Gasteiger partial charge in [-0.3, -0.25) is 4.79 Å². The standard InChI is InChI=1S/C50H33NO/c52-49-38-24-10-12-26-42(38)50(43-27-13-11-25-39(43)49)44-28-14-16-30-46(44)51(47-31-17-15-29-45(47)50)48-40(35-20-6-2-7-21-35)32-37(34-18-4-1-5-19-34)33-41(48)36-22-8-3-9-23-36/h1-33H. The van der Waals surface area contributed by atoms with E-state index in [-0.39, 0.29) is 5.78 Å². The van der Waals surface area contributed by atoms with Crippen LogP contribution in [-0.2, 0) is 5.41 Å². The van der Waals surface area contributed by atoms with Gasteiger partial charge in [0.2, 0.25) is 0 Å². The Morgan fingerprint density at radius 3 is 1.15 bits per heavy atom. The van der Waals surface area contributed by atoms with Gasteiger partial charge in [-0.1, -0.05) is 176 Å². The molecule has 0 bridgehead atoms. The number of rotatable bonds is 4. The SMILES string of the molecule is O=C1c2ccccc2C2(c3ccccc31)c1ccccc1N(c1c(-c3ccccc3)cc(-c3ccccc3)cc1-c1ccccc1)c1ccccc12. The van der Waals surface area contributed by atoms with Crippen molar-refractivity contribution in [2.75, 3.05) is 4.90 Å². The van der Waals surface area contributed by atoms with Crippen LogP contribution in [0.15, 0.2) is 200 Å². The molecule has 0 aromatic heterocycles. The van der Waals surface area contributed by atoms with Crippen LogP contribution in [0.25, 0.3) is 33.4 Å². The van der Waals surface area contributed by atoms with Gasteiger partial charge in [-0.15, -0.1) is 0 Å². The molecule has 0 unspecified atom stereocenters. The van der Waals surface area contributed by atoms with Crippen LogP contribution in [0.5, 0.6) is 0 Å². The molecular weight excluding hydrogens is 631 g/mol. The maximum Gasteiger partial charge on any atom is 0.193 e. The molecule has 8 aromatic rings. The van der Waals surface area contributed by atoms with Crippen molar-refractivity contribution in [3.8, 4) is 33.4 Å². The quantitative estimate of drug-likeness (QED) is 0.187. The molecule has 52 heavy (non-hydrogen) atoms. The van der Waals surface area contributed by atoms with Gasteiger partial charge in [0, 0.05) is 22.3 Å². The number of anilines is 3. The number of hydrogen-bond acceptors (Lipinski definition) is 2. The first-order valence-corrected chi connectivity index (χ1v) is 17.8. The van der Waals surface area contributed by atoms with Crippen LogP contribution in [0.4, 0.5) is 17.1 Å².